The Hall–Kier alpha value is -1.22. The molecule has 0 radical (unpaired) electrons. The molecule has 0 heterocycles. The van der Waals surface area contributed by atoms with Gasteiger partial charge in [-0.25, -0.2) is 0 Å². The summed E-state index contributed by atoms with van der Waals surface area (Å²) in [5, 5.41) is 0. The average Bonchev–Trinajstić information content (AvgIpc) is 2.34. The largest absolute Gasteiger partial charge is 0.497 e. The SMILES string of the molecule is COc1cccc(N(CC(C)(C)C)C(=O)CCl)c1. The molecule has 100 valence electrons. The maximum absolute atomic E-state index is 11.9. The minimum Gasteiger partial charge on any atom is -0.497 e. The molecular weight excluding hydrogens is 250 g/mol. The highest BCUT2D eigenvalue weighted by Crippen LogP contribution is 2.25. The van der Waals surface area contributed by atoms with Gasteiger partial charge in [-0.15, -0.1) is 11.6 Å². The van der Waals surface area contributed by atoms with E-state index in [1.807, 2.05) is 24.3 Å². The van der Waals surface area contributed by atoms with Gasteiger partial charge in [-0.1, -0.05) is 26.8 Å². The maximum atomic E-state index is 11.9. The van der Waals surface area contributed by atoms with Crippen molar-refractivity contribution >= 4 is 23.2 Å². The van der Waals surface area contributed by atoms with Crippen LogP contribution in [-0.2, 0) is 4.79 Å². The van der Waals surface area contributed by atoms with Crippen molar-refractivity contribution in [1.82, 2.24) is 0 Å². The van der Waals surface area contributed by atoms with E-state index in [0.29, 0.717) is 6.54 Å². The minimum atomic E-state index is -0.0974. The molecule has 1 aromatic carbocycles. The summed E-state index contributed by atoms with van der Waals surface area (Å²) >= 11 is 5.68. The molecule has 0 aromatic heterocycles. The fourth-order valence-corrected chi connectivity index (χ4v) is 1.79. The molecule has 1 aromatic rings. The minimum absolute atomic E-state index is 0.00476. The van der Waals surface area contributed by atoms with E-state index in [0.717, 1.165) is 11.4 Å². The molecule has 0 atom stereocenters. The highest BCUT2D eigenvalue weighted by molar-refractivity contribution is 6.29. The number of nitrogens with zero attached hydrogens (tertiary/aromatic N) is 1. The standard InChI is InChI=1S/C14H20ClNO2/c1-14(2,3)10-16(13(17)9-15)11-6-5-7-12(8-11)18-4/h5-8H,9-10H2,1-4H3. The normalized spacial score (nSPS) is 11.2. The van der Waals surface area contributed by atoms with E-state index in [4.69, 9.17) is 16.3 Å². The van der Waals surface area contributed by atoms with Crippen LogP contribution in [0.3, 0.4) is 0 Å². The van der Waals surface area contributed by atoms with E-state index >= 15 is 0 Å². The van der Waals surface area contributed by atoms with Crippen LogP contribution >= 0.6 is 11.6 Å². The number of anilines is 1. The van der Waals surface area contributed by atoms with Gasteiger partial charge in [0.2, 0.25) is 5.91 Å². The van der Waals surface area contributed by atoms with Gasteiger partial charge in [0.25, 0.3) is 0 Å². The molecule has 0 aliphatic heterocycles. The van der Waals surface area contributed by atoms with E-state index in [1.165, 1.54) is 0 Å². The highest BCUT2D eigenvalue weighted by Gasteiger charge is 2.22. The molecule has 0 unspecified atom stereocenters. The van der Waals surface area contributed by atoms with Crippen LogP contribution in [0.5, 0.6) is 5.75 Å². The Kier molecular flexibility index (Phi) is 5.03. The van der Waals surface area contributed by atoms with Gasteiger partial charge in [0.05, 0.1) is 7.11 Å². The van der Waals surface area contributed by atoms with Crippen molar-refractivity contribution in [3.63, 3.8) is 0 Å². The second kappa shape index (κ2) is 6.10. The number of carbonyl (C=O) groups is 1. The van der Waals surface area contributed by atoms with Crippen LogP contribution in [0.1, 0.15) is 20.8 Å². The Morgan fingerprint density at radius 2 is 2.06 bits per heavy atom. The number of amides is 1. The van der Waals surface area contributed by atoms with Crippen molar-refractivity contribution in [2.75, 3.05) is 24.4 Å². The van der Waals surface area contributed by atoms with Crippen molar-refractivity contribution in [3.05, 3.63) is 24.3 Å². The molecule has 0 saturated carbocycles. The number of alkyl halides is 1. The van der Waals surface area contributed by atoms with E-state index in [2.05, 4.69) is 20.8 Å². The molecule has 4 heteroatoms. The van der Waals surface area contributed by atoms with E-state index < -0.39 is 0 Å². The number of carbonyl (C=O) groups excluding carboxylic acids is 1. The predicted octanol–water partition coefficient (Wildman–Crippen LogP) is 3.31. The second-order valence-corrected chi connectivity index (χ2v) is 5.64. The van der Waals surface area contributed by atoms with Crippen LogP contribution < -0.4 is 9.64 Å². The second-order valence-electron chi connectivity index (χ2n) is 5.38. The van der Waals surface area contributed by atoms with Crippen LogP contribution in [0.15, 0.2) is 24.3 Å². The van der Waals surface area contributed by atoms with Gasteiger partial charge in [0, 0.05) is 18.3 Å². The Bertz CT molecular complexity index is 413. The molecule has 0 spiro atoms. The monoisotopic (exact) mass is 269 g/mol. The first-order valence-electron chi connectivity index (χ1n) is 5.88. The highest BCUT2D eigenvalue weighted by atomic mass is 35.5. The van der Waals surface area contributed by atoms with E-state index in [1.54, 1.807) is 12.0 Å². The van der Waals surface area contributed by atoms with Crippen molar-refractivity contribution < 1.29 is 9.53 Å². The van der Waals surface area contributed by atoms with Crippen molar-refractivity contribution in [1.29, 1.82) is 0 Å². The maximum Gasteiger partial charge on any atom is 0.241 e. The van der Waals surface area contributed by atoms with Gasteiger partial charge in [-0.2, -0.15) is 0 Å². The average molecular weight is 270 g/mol. The third kappa shape index (κ3) is 4.22. The number of methoxy groups -OCH3 is 1. The summed E-state index contributed by atoms with van der Waals surface area (Å²) in [5.41, 5.74) is 0.820. The lowest BCUT2D eigenvalue weighted by Gasteiger charge is -2.29. The number of halogens is 1. The zero-order valence-electron chi connectivity index (χ0n) is 11.4. The summed E-state index contributed by atoms with van der Waals surface area (Å²) in [6.45, 7) is 6.87. The molecule has 3 nitrogen and oxygen atoms in total. The lowest BCUT2D eigenvalue weighted by molar-refractivity contribution is -0.116. The Morgan fingerprint density at radius 3 is 2.56 bits per heavy atom. The first kappa shape index (κ1) is 14.8. The van der Waals surface area contributed by atoms with E-state index in [9.17, 15) is 4.79 Å². The van der Waals surface area contributed by atoms with Crippen molar-refractivity contribution in [2.24, 2.45) is 5.41 Å². The third-order valence-electron chi connectivity index (χ3n) is 2.41. The van der Waals surface area contributed by atoms with Crippen molar-refractivity contribution in [3.8, 4) is 5.75 Å². The lowest BCUT2D eigenvalue weighted by atomic mass is 9.95. The first-order chi connectivity index (χ1) is 8.37. The topological polar surface area (TPSA) is 29.5 Å². The number of ether oxygens (including phenoxy) is 1. The fourth-order valence-electron chi connectivity index (χ4n) is 1.65. The quantitative estimate of drug-likeness (QED) is 0.785. The number of hydrogen-bond donors (Lipinski definition) is 0. The van der Waals surface area contributed by atoms with Gasteiger partial charge in [-0.3, -0.25) is 4.79 Å². The summed E-state index contributed by atoms with van der Waals surface area (Å²) in [6, 6.07) is 7.45. The summed E-state index contributed by atoms with van der Waals surface area (Å²) in [5.74, 6) is 0.612. The van der Waals surface area contributed by atoms with Crippen LogP contribution in [0, 0.1) is 5.41 Å². The molecule has 0 saturated heterocycles. The Morgan fingerprint density at radius 1 is 1.39 bits per heavy atom. The number of benzene rings is 1. The molecule has 1 rings (SSSR count). The van der Waals surface area contributed by atoms with Crippen molar-refractivity contribution in [2.45, 2.75) is 20.8 Å². The molecular formula is C14H20ClNO2. The van der Waals surface area contributed by atoms with Gasteiger partial charge < -0.3 is 9.64 Å². The molecule has 0 bridgehead atoms. The van der Waals surface area contributed by atoms with Crippen LogP contribution in [0.4, 0.5) is 5.69 Å². The summed E-state index contributed by atoms with van der Waals surface area (Å²) in [6.07, 6.45) is 0. The van der Waals surface area contributed by atoms with Crippen LogP contribution in [0.25, 0.3) is 0 Å². The molecule has 0 fully saturated rings. The fraction of sp³-hybridized carbons (Fsp3) is 0.500. The van der Waals surface area contributed by atoms with Gasteiger partial charge in [0.15, 0.2) is 0 Å². The number of rotatable bonds is 4. The Labute approximate surface area is 114 Å². The molecule has 0 aliphatic rings. The Balaban J connectivity index is 3.05. The van der Waals surface area contributed by atoms with Gasteiger partial charge in [0.1, 0.15) is 11.6 Å². The number of hydrogen-bond acceptors (Lipinski definition) is 2. The third-order valence-corrected chi connectivity index (χ3v) is 2.64. The molecule has 1 amide bonds. The first-order valence-corrected chi connectivity index (χ1v) is 6.41. The summed E-state index contributed by atoms with van der Waals surface area (Å²) in [4.78, 5) is 13.6. The summed E-state index contributed by atoms with van der Waals surface area (Å²) < 4.78 is 5.18. The summed E-state index contributed by atoms with van der Waals surface area (Å²) in [7, 11) is 1.61. The van der Waals surface area contributed by atoms with E-state index in [-0.39, 0.29) is 17.2 Å². The molecule has 18 heavy (non-hydrogen) atoms. The smallest absolute Gasteiger partial charge is 0.241 e. The molecule has 0 aliphatic carbocycles. The zero-order valence-corrected chi connectivity index (χ0v) is 12.1. The lowest BCUT2D eigenvalue weighted by Crippen LogP contribution is -2.38. The predicted molar refractivity (Wildman–Crippen MR) is 75.5 cm³/mol. The molecule has 0 N–H and O–H groups in total. The zero-order chi connectivity index (χ0) is 13.8. The van der Waals surface area contributed by atoms with Crippen LogP contribution in [-0.4, -0.2) is 25.4 Å². The van der Waals surface area contributed by atoms with Gasteiger partial charge in [-0.05, 0) is 17.5 Å². The van der Waals surface area contributed by atoms with Crippen LogP contribution in [0.2, 0.25) is 0 Å². The van der Waals surface area contributed by atoms with Gasteiger partial charge >= 0.3 is 0 Å².